The third-order valence-electron chi connectivity index (χ3n) is 1.78. The zero-order chi connectivity index (χ0) is 8.53. The summed E-state index contributed by atoms with van der Waals surface area (Å²) in [5.41, 5.74) is 6.85. The van der Waals surface area contributed by atoms with Crippen LogP contribution in [0.25, 0.3) is 0 Å². The smallest absolute Gasteiger partial charge is 0.00399 e. The number of hydrogen-bond donors (Lipinski definition) is 1. The van der Waals surface area contributed by atoms with Gasteiger partial charge in [0.05, 0.1) is 0 Å². The summed E-state index contributed by atoms with van der Waals surface area (Å²) < 4.78 is 0. The molecule has 0 atom stereocenters. The molecule has 0 amide bonds. The third-order valence-corrected chi connectivity index (χ3v) is 1.78. The minimum atomic E-state index is 1.08. The molecule has 0 saturated heterocycles. The van der Waals surface area contributed by atoms with Gasteiger partial charge in [0.15, 0.2) is 0 Å². The van der Waals surface area contributed by atoms with Crippen LogP contribution in [-0.2, 0) is 0 Å². The summed E-state index contributed by atoms with van der Waals surface area (Å²) in [5.74, 6) is 0. The molecule has 0 aromatic carbocycles. The maximum atomic E-state index is 5.76. The van der Waals surface area contributed by atoms with Crippen molar-refractivity contribution in [2.45, 2.75) is 52.4 Å². The minimum absolute atomic E-state index is 1.08. The number of hydrogen-bond acceptors (Lipinski definition) is 1. The lowest BCUT2D eigenvalue weighted by Gasteiger charge is -1.98. The highest BCUT2D eigenvalue weighted by Crippen LogP contribution is 2.04. The van der Waals surface area contributed by atoms with Gasteiger partial charge in [0, 0.05) is 5.70 Å². The molecule has 0 aliphatic heterocycles. The SMILES string of the molecule is CCCCC=C(N)CCCC. The van der Waals surface area contributed by atoms with Gasteiger partial charge in [0.1, 0.15) is 0 Å². The molecule has 1 heteroatoms. The van der Waals surface area contributed by atoms with E-state index >= 15 is 0 Å². The van der Waals surface area contributed by atoms with Crippen LogP contribution in [0.1, 0.15) is 52.4 Å². The summed E-state index contributed by atoms with van der Waals surface area (Å²) in [5, 5.41) is 0. The zero-order valence-electron chi connectivity index (χ0n) is 7.90. The standard InChI is InChI=1S/C10H21N/c1-3-5-7-9-10(11)8-6-4-2/h9H,3-8,11H2,1-2H3. The second kappa shape index (κ2) is 7.64. The van der Waals surface area contributed by atoms with Crippen molar-refractivity contribution in [3.8, 4) is 0 Å². The molecule has 0 saturated carbocycles. The van der Waals surface area contributed by atoms with E-state index in [1.165, 1.54) is 25.7 Å². The molecular formula is C10H21N. The van der Waals surface area contributed by atoms with Crippen molar-refractivity contribution in [2.24, 2.45) is 5.73 Å². The average molecular weight is 155 g/mol. The maximum Gasteiger partial charge on any atom is 0.00399 e. The maximum absolute atomic E-state index is 5.76. The van der Waals surface area contributed by atoms with Gasteiger partial charge in [0.2, 0.25) is 0 Å². The molecule has 0 rings (SSSR count). The van der Waals surface area contributed by atoms with Crippen molar-refractivity contribution in [3.05, 3.63) is 11.8 Å². The Morgan fingerprint density at radius 1 is 1.18 bits per heavy atom. The first-order valence-electron chi connectivity index (χ1n) is 4.75. The Morgan fingerprint density at radius 3 is 2.36 bits per heavy atom. The molecule has 1 nitrogen and oxygen atoms in total. The minimum Gasteiger partial charge on any atom is -0.402 e. The number of rotatable bonds is 6. The quantitative estimate of drug-likeness (QED) is 0.586. The Bertz CT molecular complexity index is 105. The van der Waals surface area contributed by atoms with Crippen molar-refractivity contribution in [1.29, 1.82) is 0 Å². The summed E-state index contributed by atoms with van der Waals surface area (Å²) in [7, 11) is 0. The van der Waals surface area contributed by atoms with Gasteiger partial charge in [-0.05, 0) is 19.3 Å². The summed E-state index contributed by atoms with van der Waals surface area (Å²) in [6, 6.07) is 0. The van der Waals surface area contributed by atoms with Crippen molar-refractivity contribution in [3.63, 3.8) is 0 Å². The predicted octanol–water partition coefficient (Wildman–Crippen LogP) is 3.21. The Kier molecular flexibility index (Phi) is 7.33. The number of nitrogens with two attached hydrogens (primary N) is 1. The average Bonchev–Trinajstić information content (AvgIpc) is 2.01. The molecule has 0 bridgehead atoms. The Balaban J connectivity index is 3.30. The Hall–Kier alpha value is -0.460. The molecule has 0 unspecified atom stereocenters. The molecule has 11 heavy (non-hydrogen) atoms. The summed E-state index contributed by atoms with van der Waals surface area (Å²) >= 11 is 0. The van der Waals surface area contributed by atoms with E-state index in [0.29, 0.717) is 0 Å². The molecule has 0 aliphatic rings. The summed E-state index contributed by atoms with van der Waals surface area (Å²) in [6.45, 7) is 4.40. The first-order chi connectivity index (χ1) is 5.31. The lowest BCUT2D eigenvalue weighted by atomic mass is 10.1. The zero-order valence-corrected chi connectivity index (χ0v) is 7.90. The van der Waals surface area contributed by atoms with Crippen molar-refractivity contribution >= 4 is 0 Å². The van der Waals surface area contributed by atoms with Crippen molar-refractivity contribution in [2.75, 3.05) is 0 Å². The van der Waals surface area contributed by atoms with Gasteiger partial charge in [-0.2, -0.15) is 0 Å². The van der Waals surface area contributed by atoms with Gasteiger partial charge < -0.3 is 5.73 Å². The highest BCUT2D eigenvalue weighted by molar-refractivity contribution is 4.95. The lowest BCUT2D eigenvalue weighted by molar-refractivity contribution is 0.762. The van der Waals surface area contributed by atoms with E-state index in [1.54, 1.807) is 0 Å². The van der Waals surface area contributed by atoms with E-state index in [1.807, 2.05) is 0 Å². The second-order valence-electron chi connectivity index (χ2n) is 3.02. The number of allylic oxidation sites excluding steroid dienone is 2. The topological polar surface area (TPSA) is 26.0 Å². The molecule has 0 aromatic rings. The first-order valence-corrected chi connectivity index (χ1v) is 4.75. The van der Waals surface area contributed by atoms with E-state index in [2.05, 4.69) is 19.9 Å². The molecular weight excluding hydrogens is 134 g/mol. The molecule has 0 heterocycles. The van der Waals surface area contributed by atoms with Crippen LogP contribution >= 0.6 is 0 Å². The van der Waals surface area contributed by atoms with E-state index in [4.69, 9.17) is 5.73 Å². The molecule has 0 fully saturated rings. The molecule has 2 N–H and O–H groups in total. The molecule has 0 spiro atoms. The number of unbranched alkanes of at least 4 members (excludes halogenated alkanes) is 3. The van der Waals surface area contributed by atoms with Crippen LogP contribution in [0, 0.1) is 0 Å². The van der Waals surface area contributed by atoms with Crippen LogP contribution in [0.15, 0.2) is 11.8 Å². The van der Waals surface area contributed by atoms with Crippen LogP contribution in [0.5, 0.6) is 0 Å². The third kappa shape index (κ3) is 7.44. The van der Waals surface area contributed by atoms with Crippen molar-refractivity contribution < 1.29 is 0 Å². The first kappa shape index (κ1) is 10.5. The highest BCUT2D eigenvalue weighted by Gasteiger charge is 1.88. The van der Waals surface area contributed by atoms with E-state index in [0.717, 1.165) is 18.5 Å². The monoisotopic (exact) mass is 155 g/mol. The Labute approximate surface area is 70.7 Å². The van der Waals surface area contributed by atoms with E-state index in [9.17, 15) is 0 Å². The lowest BCUT2D eigenvalue weighted by Crippen LogP contribution is -1.96. The fraction of sp³-hybridized carbons (Fsp3) is 0.800. The summed E-state index contributed by atoms with van der Waals surface area (Å²) in [4.78, 5) is 0. The van der Waals surface area contributed by atoms with Crippen LogP contribution < -0.4 is 5.73 Å². The predicted molar refractivity (Wildman–Crippen MR) is 51.3 cm³/mol. The van der Waals surface area contributed by atoms with Gasteiger partial charge >= 0.3 is 0 Å². The van der Waals surface area contributed by atoms with Crippen molar-refractivity contribution in [1.82, 2.24) is 0 Å². The van der Waals surface area contributed by atoms with Gasteiger partial charge in [-0.15, -0.1) is 0 Å². The largest absolute Gasteiger partial charge is 0.402 e. The second-order valence-corrected chi connectivity index (χ2v) is 3.02. The van der Waals surface area contributed by atoms with Crippen LogP contribution in [-0.4, -0.2) is 0 Å². The van der Waals surface area contributed by atoms with E-state index in [-0.39, 0.29) is 0 Å². The fourth-order valence-corrected chi connectivity index (χ4v) is 0.975. The van der Waals surface area contributed by atoms with E-state index < -0.39 is 0 Å². The Morgan fingerprint density at radius 2 is 1.82 bits per heavy atom. The van der Waals surface area contributed by atoms with Crippen LogP contribution in [0.2, 0.25) is 0 Å². The normalized spacial score (nSPS) is 12.0. The molecule has 0 aromatic heterocycles. The fourth-order valence-electron chi connectivity index (χ4n) is 0.975. The highest BCUT2D eigenvalue weighted by atomic mass is 14.6. The summed E-state index contributed by atoms with van der Waals surface area (Å²) in [6.07, 6.45) is 9.42. The van der Waals surface area contributed by atoms with Gasteiger partial charge in [-0.25, -0.2) is 0 Å². The van der Waals surface area contributed by atoms with Gasteiger partial charge in [0.25, 0.3) is 0 Å². The van der Waals surface area contributed by atoms with Gasteiger partial charge in [-0.3, -0.25) is 0 Å². The molecule has 66 valence electrons. The van der Waals surface area contributed by atoms with Crippen LogP contribution in [0.3, 0.4) is 0 Å². The van der Waals surface area contributed by atoms with Gasteiger partial charge in [-0.1, -0.05) is 39.2 Å². The molecule has 0 aliphatic carbocycles. The van der Waals surface area contributed by atoms with Crippen LogP contribution in [0.4, 0.5) is 0 Å². The molecule has 0 radical (unpaired) electrons.